The summed E-state index contributed by atoms with van der Waals surface area (Å²) in [5.41, 5.74) is 1.06. The fourth-order valence-electron chi connectivity index (χ4n) is 4.79. The molecule has 184 valence electrons. The zero-order valence-corrected chi connectivity index (χ0v) is 20.5. The summed E-state index contributed by atoms with van der Waals surface area (Å²) in [6.45, 7) is 0.727. The smallest absolute Gasteiger partial charge is 0.290 e. The van der Waals surface area contributed by atoms with Crippen molar-refractivity contribution < 1.29 is 28.6 Å². The zero-order chi connectivity index (χ0) is 25.4. The van der Waals surface area contributed by atoms with Crippen molar-refractivity contribution >= 4 is 45.0 Å². The molecular formula is C28H24ClNO6. The van der Waals surface area contributed by atoms with E-state index in [1.807, 2.05) is 42.5 Å². The fourth-order valence-corrected chi connectivity index (χ4v) is 5.01. The number of Topliss-reactive ketones (excluding diaryl/α,β-unsaturated/α-hetero) is 1. The summed E-state index contributed by atoms with van der Waals surface area (Å²) in [5.74, 6) is -1.42. The molecule has 3 aromatic carbocycles. The minimum Gasteiger partial charge on any atom is -0.503 e. The molecule has 0 saturated carbocycles. The van der Waals surface area contributed by atoms with Gasteiger partial charge in [-0.1, -0.05) is 54.1 Å². The maximum absolute atomic E-state index is 13.9. The average Bonchev–Trinajstić information content (AvgIpc) is 3.42. The Morgan fingerprint density at radius 2 is 1.86 bits per heavy atom. The van der Waals surface area contributed by atoms with Crippen LogP contribution in [0, 0.1) is 0 Å². The number of hydrogen-bond donors (Lipinski definition) is 1. The third-order valence-electron chi connectivity index (χ3n) is 6.40. The quantitative estimate of drug-likeness (QED) is 0.238. The van der Waals surface area contributed by atoms with Crippen molar-refractivity contribution in [3.05, 3.63) is 88.3 Å². The molecule has 1 aliphatic rings. The molecule has 0 fully saturated rings. The van der Waals surface area contributed by atoms with E-state index in [9.17, 15) is 14.7 Å². The normalized spacial score (nSPS) is 15.9. The minimum absolute atomic E-state index is 0.0242. The second kappa shape index (κ2) is 9.68. The standard InChI is InChI=1S/C28H24ClNO6/c1-34-12-6-11-30-24(20-10-5-8-16-7-3-4-9-19(16)20)23(26(32)28(30)33)25(31)21-14-17-13-18(29)15-22(35-2)27(17)36-21/h3-5,7-10,13-15,24,32H,6,11-12H2,1-2H3. The molecule has 0 aliphatic carbocycles. The van der Waals surface area contributed by atoms with Gasteiger partial charge in [-0.15, -0.1) is 0 Å². The van der Waals surface area contributed by atoms with Gasteiger partial charge in [-0.2, -0.15) is 0 Å². The van der Waals surface area contributed by atoms with Gasteiger partial charge in [0.15, 0.2) is 22.9 Å². The Morgan fingerprint density at radius 1 is 1.08 bits per heavy atom. The van der Waals surface area contributed by atoms with Crippen molar-refractivity contribution in [3.63, 3.8) is 0 Å². The molecule has 1 aromatic heterocycles. The molecule has 8 heteroatoms. The second-order valence-corrected chi connectivity index (χ2v) is 8.98. The van der Waals surface area contributed by atoms with Gasteiger partial charge in [-0.3, -0.25) is 9.59 Å². The Bertz CT molecular complexity index is 1520. The van der Waals surface area contributed by atoms with Gasteiger partial charge >= 0.3 is 0 Å². The van der Waals surface area contributed by atoms with Crippen LogP contribution in [-0.4, -0.2) is 49.1 Å². The molecule has 5 rings (SSSR count). The first kappa shape index (κ1) is 23.9. The van der Waals surface area contributed by atoms with Crippen molar-refractivity contribution in [1.82, 2.24) is 4.90 Å². The van der Waals surface area contributed by atoms with Crippen LogP contribution in [0.15, 0.2) is 76.4 Å². The number of ether oxygens (including phenoxy) is 2. The second-order valence-electron chi connectivity index (χ2n) is 8.54. The van der Waals surface area contributed by atoms with Crippen LogP contribution in [0.4, 0.5) is 0 Å². The van der Waals surface area contributed by atoms with Gasteiger partial charge in [0, 0.05) is 36.7 Å². The van der Waals surface area contributed by atoms with Crippen molar-refractivity contribution in [2.75, 3.05) is 27.4 Å². The largest absolute Gasteiger partial charge is 0.503 e. The Kier molecular flexibility index (Phi) is 6.43. The van der Waals surface area contributed by atoms with E-state index in [0.717, 1.165) is 16.3 Å². The summed E-state index contributed by atoms with van der Waals surface area (Å²) in [7, 11) is 3.06. The summed E-state index contributed by atoms with van der Waals surface area (Å²) < 4.78 is 16.4. The number of furan rings is 1. The third-order valence-corrected chi connectivity index (χ3v) is 6.62. The highest BCUT2D eigenvalue weighted by Gasteiger charge is 2.44. The number of rotatable bonds is 8. The van der Waals surface area contributed by atoms with E-state index >= 15 is 0 Å². The summed E-state index contributed by atoms with van der Waals surface area (Å²) >= 11 is 6.18. The lowest BCUT2D eigenvalue weighted by molar-refractivity contribution is -0.129. The van der Waals surface area contributed by atoms with Gasteiger partial charge in [-0.05, 0) is 34.9 Å². The van der Waals surface area contributed by atoms with Crippen molar-refractivity contribution in [2.45, 2.75) is 12.5 Å². The van der Waals surface area contributed by atoms with Gasteiger partial charge < -0.3 is 23.9 Å². The zero-order valence-electron chi connectivity index (χ0n) is 19.8. The first-order chi connectivity index (χ1) is 17.4. The molecule has 7 nitrogen and oxygen atoms in total. The molecule has 1 atom stereocenters. The average molecular weight is 506 g/mol. The number of nitrogens with zero attached hydrogens (tertiary/aromatic N) is 1. The highest BCUT2D eigenvalue weighted by molar-refractivity contribution is 6.31. The molecule has 1 aliphatic heterocycles. The van der Waals surface area contributed by atoms with Crippen molar-refractivity contribution in [3.8, 4) is 5.75 Å². The number of carbonyl (C=O) groups is 2. The predicted molar refractivity (Wildman–Crippen MR) is 137 cm³/mol. The highest BCUT2D eigenvalue weighted by atomic mass is 35.5. The lowest BCUT2D eigenvalue weighted by atomic mass is 9.91. The summed E-state index contributed by atoms with van der Waals surface area (Å²) in [6.07, 6.45) is 0.540. The van der Waals surface area contributed by atoms with E-state index in [1.54, 1.807) is 25.3 Å². The van der Waals surface area contributed by atoms with E-state index in [0.29, 0.717) is 41.3 Å². The SMILES string of the molecule is COCCCN1C(=O)C(O)=C(C(=O)c2cc3cc(Cl)cc(OC)c3o2)C1c1cccc2ccccc12. The first-order valence-corrected chi connectivity index (χ1v) is 11.8. The van der Waals surface area contributed by atoms with Crippen LogP contribution in [0.5, 0.6) is 5.75 Å². The van der Waals surface area contributed by atoms with Crippen LogP contribution in [0.3, 0.4) is 0 Å². The predicted octanol–water partition coefficient (Wildman–Crippen LogP) is 5.86. The van der Waals surface area contributed by atoms with Crippen molar-refractivity contribution in [2.24, 2.45) is 0 Å². The first-order valence-electron chi connectivity index (χ1n) is 11.5. The maximum Gasteiger partial charge on any atom is 0.290 e. The van der Waals surface area contributed by atoms with Crippen molar-refractivity contribution in [1.29, 1.82) is 0 Å². The summed E-state index contributed by atoms with van der Waals surface area (Å²) in [4.78, 5) is 28.6. The molecule has 1 unspecified atom stereocenters. The van der Waals surface area contributed by atoms with Crippen LogP contribution >= 0.6 is 11.6 Å². The fraction of sp³-hybridized carbons (Fsp3) is 0.214. The number of hydrogen-bond acceptors (Lipinski definition) is 6. The lowest BCUT2D eigenvalue weighted by Crippen LogP contribution is -2.32. The Hall–Kier alpha value is -3.81. The molecule has 36 heavy (non-hydrogen) atoms. The number of aliphatic hydroxyl groups is 1. The Labute approximate surface area is 212 Å². The molecule has 0 saturated heterocycles. The number of methoxy groups -OCH3 is 2. The highest BCUT2D eigenvalue weighted by Crippen LogP contribution is 2.42. The number of aliphatic hydroxyl groups excluding tert-OH is 1. The van der Waals surface area contributed by atoms with Gasteiger partial charge in [-0.25, -0.2) is 0 Å². The number of carbonyl (C=O) groups excluding carboxylic acids is 2. The molecule has 1 N–H and O–H groups in total. The van der Waals surface area contributed by atoms with Gasteiger partial charge in [0.1, 0.15) is 0 Å². The van der Waals surface area contributed by atoms with E-state index in [-0.39, 0.29) is 11.3 Å². The number of ketones is 1. The van der Waals surface area contributed by atoms with E-state index in [4.69, 9.17) is 25.5 Å². The van der Waals surface area contributed by atoms with Crippen LogP contribution in [-0.2, 0) is 9.53 Å². The van der Waals surface area contributed by atoms with Gasteiger partial charge in [0.25, 0.3) is 5.91 Å². The van der Waals surface area contributed by atoms with Crippen LogP contribution in [0.1, 0.15) is 28.6 Å². The maximum atomic E-state index is 13.9. The topological polar surface area (TPSA) is 89.2 Å². The molecule has 2 heterocycles. The number of amides is 1. The number of halogens is 1. The molecule has 0 bridgehead atoms. The monoisotopic (exact) mass is 505 g/mol. The lowest BCUT2D eigenvalue weighted by Gasteiger charge is -2.27. The van der Waals surface area contributed by atoms with E-state index in [2.05, 4.69) is 0 Å². The summed E-state index contributed by atoms with van der Waals surface area (Å²) in [6, 6.07) is 17.4. The molecule has 0 spiro atoms. The van der Waals surface area contributed by atoms with E-state index < -0.39 is 23.5 Å². The molecule has 4 aromatic rings. The number of fused-ring (bicyclic) bond motifs is 2. The van der Waals surface area contributed by atoms with Gasteiger partial charge in [0.2, 0.25) is 5.78 Å². The molecular weight excluding hydrogens is 482 g/mol. The molecule has 0 radical (unpaired) electrons. The number of benzene rings is 3. The van der Waals surface area contributed by atoms with Crippen LogP contribution < -0.4 is 4.74 Å². The molecule has 1 amide bonds. The third kappa shape index (κ3) is 4.00. The van der Waals surface area contributed by atoms with E-state index in [1.165, 1.54) is 12.0 Å². The Morgan fingerprint density at radius 3 is 2.64 bits per heavy atom. The summed E-state index contributed by atoms with van der Waals surface area (Å²) in [5, 5.41) is 13.8. The van der Waals surface area contributed by atoms with Crippen LogP contribution in [0.25, 0.3) is 21.7 Å². The van der Waals surface area contributed by atoms with Gasteiger partial charge in [0.05, 0.1) is 18.7 Å². The minimum atomic E-state index is -0.799. The van der Waals surface area contributed by atoms with Crippen LogP contribution in [0.2, 0.25) is 5.02 Å². The Balaban J connectivity index is 1.65.